The van der Waals surface area contributed by atoms with Crippen LogP contribution in [0.25, 0.3) is 11.3 Å². The predicted octanol–water partition coefficient (Wildman–Crippen LogP) is 4.90. The van der Waals surface area contributed by atoms with Gasteiger partial charge in [0.15, 0.2) is 5.11 Å². The van der Waals surface area contributed by atoms with E-state index in [4.69, 9.17) is 30.8 Å². The van der Waals surface area contributed by atoms with Gasteiger partial charge in [0, 0.05) is 24.6 Å². The molecule has 0 bridgehead atoms. The van der Waals surface area contributed by atoms with Crippen molar-refractivity contribution < 1.29 is 28.2 Å². The summed E-state index contributed by atoms with van der Waals surface area (Å²) in [6.07, 6.45) is 1.72. The van der Waals surface area contributed by atoms with Crippen LogP contribution in [-0.4, -0.2) is 49.9 Å². The SMILES string of the molecule is COCC(=O)Nc1cc(N2C(=S)N[C@@H](c3ccccn3)[C@H]2c2ccc(-c3cccc(C(=O)OC)c3)o2)ccc1OC. The number of furan rings is 1. The number of ether oxygens (including phenoxy) is 3. The van der Waals surface area contributed by atoms with Gasteiger partial charge >= 0.3 is 5.97 Å². The Hall–Kier alpha value is -4.74. The number of hydrogen-bond acceptors (Lipinski definition) is 8. The summed E-state index contributed by atoms with van der Waals surface area (Å²) < 4.78 is 21.7. The number of nitrogens with one attached hydrogen (secondary N) is 2. The molecule has 1 fully saturated rings. The smallest absolute Gasteiger partial charge is 0.337 e. The number of benzene rings is 2. The molecule has 0 unspecified atom stereocenters. The minimum atomic E-state index is -0.439. The van der Waals surface area contributed by atoms with Gasteiger partial charge in [-0.3, -0.25) is 9.78 Å². The first-order chi connectivity index (χ1) is 19.9. The number of methoxy groups -OCH3 is 3. The quantitative estimate of drug-likeness (QED) is 0.212. The number of nitrogens with zero attached hydrogens (tertiary/aromatic N) is 2. The molecule has 2 aromatic heterocycles. The van der Waals surface area contributed by atoms with E-state index in [1.54, 1.807) is 36.5 Å². The fourth-order valence-electron chi connectivity index (χ4n) is 4.77. The highest BCUT2D eigenvalue weighted by Crippen LogP contribution is 2.44. The van der Waals surface area contributed by atoms with Crippen LogP contribution < -0.4 is 20.3 Å². The molecule has 3 heterocycles. The first-order valence-corrected chi connectivity index (χ1v) is 13.1. The molecule has 0 aliphatic carbocycles. The molecule has 4 aromatic rings. The number of pyridine rings is 1. The van der Waals surface area contributed by atoms with E-state index in [9.17, 15) is 9.59 Å². The van der Waals surface area contributed by atoms with Gasteiger partial charge in [-0.2, -0.15) is 0 Å². The molecule has 1 amide bonds. The number of esters is 1. The third-order valence-corrected chi connectivity index (χ3v) is 6.91. The van der Waals surface area contributed by atoms with Crippen molar-refractivity contribution in [2.45, 2.75) is 12.1 Å². The molecule has 1 aliphatic rings. The summed E-state index contributed by atoms with van der Waals surface area (Å²) in [5.41, 5.74) is 3.08. The molecular formula is C30H28N4O6S. The van der Waals surface area contributed by atoms with Crippen molar-refractivity contribution in [2.75, 3.05) is 38.2 Å². The van der Waals surface area contributed by atoms with E-state index in [0.717, 1.165) is 11.3 Å². The highest BCUT2D eigenvalue weighted by atomic mass is 32.1. The van der Waals surface area contributed by atoms with Crippen molar-refractivity contribution in [1.82, 2.24) is 10.3 Å². The van der Waals surface area contributed by atoms with Gasteiger partial charge in [-0.25, -0.2) is 4.79 Å². The first-order valence-electron chi connectivity index (χ1n) is 12.7. The fraction of sp³-hybridized carbons (Fsp3) is 0.200. The first kappa shape index (κ1) is 27.8. The van der Waals surface area contributed by atoms with E-state index in [1.165, 1.54) is 21.3 Å². The standard InChI is InChI=1S/C30H28N4O6S/c1-37-17-26(35)32-22-16-20(10-11-24(22)38-2)34-28(27(33-30(34)41)21-9-4-5-14-31-21)25-13-12-23(40-25)18-7-6-8-19(15-18)29(36)39-3/h4-16,27-28H,17H2,1-3H3,(H,32,35)(H,33,41)/t27-,28+/m0/s1. The highest BCUT2D eigenvalue weighted by Gasteiger charge is 2.43. The number of anilines is 2. The summed E-state index contributed by atoms with van der Waals surface area (Å²) in [4.78, 5) is 30.9. The Kier molecular flexibility index (Phi) is 8.27. The van der Waals surface area contributed by atoms with Crippen LogP contribution in [0.3, 0.4) is 0 Å². The molecule has 0 saturated carbocycles. The molecule has 0 radical (unpaired) electrons. The molecule has 0 spiro atoms. The third kappa shape index (κ3) is 5.76. The second-order valence-electron chi connectivity index (χ2n) is 9.14. The maximum absolute atomic E-state index is 12.3. The molecule has 5 rings (SSSR count). The molecule has 2 aromatic carbocycles. The van der Waals surface area contributed by atoms with E-state index in [1.807, 2.05) is 47.4 Å². The molecule has 1 aliphatic heterocycles. The highest BCUT2D eigenvalue weighted by molar-refractivity contribution is 7.80. The number of amides is 1. The second kappa shape index (κ2) is 12.2. The lowest BCUT2D eigenvalue weighted by molar-refractivity contribution is -0.119. The van der Waals surface area contributed by atoms with Crippen molar-refractivity contribution in [3.8, 4) is 17.1 Å². The molecule has 10 nitrogen and oxygen atoms in total. The zero-order valence-corrected chi connectivity index (χ0v) is 23.4. The number of rotatable bonds is 9. The summed E-state index contributed by atoms with van der Waals surface area (Å²) in [6, 6.07) is 21.1. The van der Waals surface area contributed by atoms with Crippen molar-refractivity contribution in [3.63, 3.8) is 0 Å². The normalized spacial score (nSPS) is 16.3. The maximum atomic E-state index is 12.3. The zero-order chi connectivity index (χ0) is 28.9. The number of hydrogen-bond donors (Lipinski definition) is 2. The Morgan fingerprint density at radius 1 is 1.05 bits per heavy atom. The van der Waals surface area contributed by atoms with Gasteiger partial charge in [0.2, 0.25) is 5.91 Å². The van der Waals surface area contributed by atoms with Crippen LogP contribution in [0.15, 0.2) is 83.4 Å². The zero-order valence-electron chi connectivity index (χ0n) is 22.6. The maximum Gasteiger partial charge on any atom is 0.337 e. The van der Waals surface area contributed by atoms with Gasteiger partial charge in [0.05, 0.1) is 37.2 Å². The molecule has 210 valence electrons. The van der Waals surface area contributed by atoms with Crippen molar-refractivity contribution >= 4 is 40.6 Å². The van der Waals surface area contributed by atoms with Gasteiger partial charge in [-0.15, -0.1) is 0 Å². The van der Waals surface area contributed by atoms with E-state index < -0.39 is 12.0 Å². The van der Waals surface area contributed by atoms with E-state index in [-0.39, 0.29) is 18.6 Å². The molecule has 11 heteroatoms. The van der Waals surface area contributed by atoms with Crippen molar-refractivity contribution in [2.24, 2.45) is 0 Å². The molecule has 41 heavy (non-hydrogen) atoms. The second-order valence-corrected chi connectivity index (χ2v) is 9.52. The van der Waals surface area contributed by atoms with Gasteiger partial charge in [0.1, 0.15) is 29.9 Å². The lowest BCUT2D eigenvalue weighted by Crippen LogP contribution is -2.29. The topological polar surface area (TPSA) is 115 Å². The van der Waals surface area contributed by atoms with E-state index in [0.29, 0.717) is 39.3 Å². The summed E-state index contributed by atoms with van der Waals surface area (Å²) in [7, 11) is 4.33. The molecule has 2 atom stereocenters. The third-order valence-electron chi connectivity index (χ3n) is 6.60. The van der Waals surface area contributed by atoms with Gasteiger partial charge in [-0.1, -0.05) is 18.2 Å². The Bertz CT molecular complexity index is 1570. The fourth-order valence-corrected chi connectivity index (χ4v) is 5.11. The van der Waals surface area contributed by atoms with Crippen LogP contribution in [0.5, 0.6) is 5.75 Å². The Morgan fingerprint density at radius 2 is 1.90 bits per heavy atom. The monoisotopic (exact) mass is 572 g/mol. The summed E-state index contributed by atoms with van der Waals surface area (Å²) >= 11 is 5.83. The van der Waals surface area contributed by atoms with Crippen LogP contribution in [-0.2, 0) is 14.3 Å². The van der Waals surface area contributed by atoms with Gasteiger partial charge in [-0.05, 0) is 66.8 Å². The summed E-state index contributed by atoms with van der Waals surface area (Å²) in [5, 5.41) is 6.68. The molecule has 2 N–H and O–H groups in total. The Labute approximate surface area is 242 Å². The predicted molar refractivity (Wildman–Crippen MR) is 157 cm³/mol. The lowest BCUT2D eigenvalue weighted by atomic mass is 10.0. The van der Waals surface area contributed by atoms with E-state index >= 15 is 0 Å². The van der Waals surface area contributed by atoms with Crippen LogP contribution in [0.1, 0.15) is 33.9 Å². The minimum Gasteiger partial charge on any atom is -0.495 e. The number of carbonyl (C=O) groups excluding carboxylic acids is 2. The van der Waals surface area contributed by atoms with Crippen LogP contribution >= 0.6 is 12.2 Å². The Balaban J connectivity index is 1.57. The van der Waals surface area contributed by atoms with Gasteiger partial charge in [0.25, 0.3) is 0 Å². The van der Waals surface area contributed by atoms with E-state index in [2.05, 4.69) is 15.6 Å². The molecule has 1 saturated heterocycles. The number of carbonyl (C=O) groups is 2. The Morgan fingerprint density at radius 3 is 2.63 bits per heavy atom. The molecular weight excluding hydrogens is 544 g/mol. The van der Waals surface area contributed by atoms with Crippen LogP contribution in [0.2, 0.25) is 0 Å². The summed E-state index contributed by atoms with van der Waals surface area (Å²) in [6.45, 7) is -0.103. The van der Waals surface area contributed by atoms with Gasteiger partial charge < -0.3 is 34.2 Å². The largest absolute Gasteiger partial charge is 0.495 e. The van der Waals surface area contributed by atoms with Crippen molar-refractivity contribution in [1.29, 1.82) is 0 Å². The average molecular weight is 573 g/mol. The van der Waals surface area contributed by atoms with Crippen LogP contribution in [0.4, 0.5) is 11.4 Å². The lowest BCUT2D eigenvalue weighted by Gasteiger charge is -2.27. The minimum absolute atomic E-state index is 0.103. The summed E-state index contributed by atoms with van der Waals surface area (Å²) in [5.74, 6) is 0.925. The number of aromatic nitrogens is 1. The van der Waals surface area contributed by atoms with Crippen LogP contribution in [0, 0.1) is 0 Å². The number of thiocarbonyl (C=S) groups is 1. The average Bonchev–Trinajstić information content (AvgIpc) is 3.62. The van der Waals surface area contributed by atoms with Crippen molar-refractivity contribution in [3.05, 3.63) is 96.0 Å².